The van der Waals surface area contributed by atoms with Gasteiger partial charge in [-0.15, -0.1) is 0 Å². The van der Waals surface area contributed by atoms with E-state index in [1.54, 1.807) is 7.11 Å². The fourth-order valence-electron chi connectivity index (χ4n) is 2.52. The van der Waals surface area contributed by atoms with Crippen LogP contribution < -0.4 is 10.6 Å². The molecule has 116 valence electrons. The topological polar surface area (TPSA) is 58.8 Å². The van der Waals surface area contributed by atoms with E-state index in [1.807, 2.05) is 43.0 Å². The SMILES string of the molecule is COC(C)(C)CC(=O)N1CCN(c2ccccc2N)CC1. The number of rotatable bonds is 4. The summed E-state index contributed by atoms with van der Waals surface area (Å²) in [5, 5.41) is 0. The molecule has 1 amide bonds. The Morgan fingerprint density at radius 1 is 1.24 bits per heavy atom. The maximum absolute atomic E-state index is 12.3. The van der Waals surface area contributed by atoms with Crippen LogP contribution in [0.15, 0.2) is 24.3 Å². The molecule has 0 bridgehead atoms. The Balaban J connectivity index is 1.92. The van der Waals surface area contributed by atoms with Crippen LogP contribution in [0.5, 0.6) is 0 Å². The summed E-state index contributed by atoms with van der Waals surface area (Å²) in [4.78, 5) is 16.4. The highest BCUT2D eigenvalue weighted by molar-refractivity contribution is 5.77. The number of nitrogens with zero attached hydrogens (tertiary/aromatic N) is 2. The first-order chi connectivity index (χ1) is 9.93. The highest BCUT2D eigenvalue weighted by Crippen LogP contribution is 2.24. The number of methoxy groups -OCH3 is 1. The molecule has 1 aromatic carbocycles. The fourth-order valence-corrected chi connectivity index (χ4v) is 2.52. The Bertz CT molecular complexity index is 494. The van der Waals surface area contributed by atoms with Crippen molar-refractivity contribution < 1.29 is 9.53 Å². The largest absolute Gasteiger partial charge is 0.397 e. The number of para-hydroxylation sites is 2. The van der Waals surface area contributed by atoms with Crippen molar-refractivity contribution >= 4 is 17.3 Å². The van der Waals surface area contributed by atoms with Crippen LogP contribution in [0.25, 0.3) is 0 Å². The van der Waals surface area contributed by atoms with Crippen molar-refractivity contribution in [3.05, 3.63) is 24.3 Å². The summed E-state index contributed by atoms with van der Waals surface area (Å²) >= 11 is 0. The van der Waals surface area contributed by atoms with Crippen LogP contribution in [-0.2, 0) is 9.53 Å². The number of carbonyl (C=O) groups is 1. The second-order valence-corrected chi connectivity index (χ2v) is 6.07. The molecular weight excluding hydrogens is 266 g/mol. The standard InChI is InChI=1S/C16H25N3O2/c1-16(2,21-3)12-15(20)19-10-8-18(9-11-19)14-7-5-4-6-13(14)17/h4-7H,8-12,17H2,1-3H3. The zero-order valence-corrected chi connectivity index (χ0v) is 13.1. The van der Waals surface area contributed by atoms with Gasteiger partial charge in [0.05, 0.1) is 23.4 Å². The maximum Gasteiger partial charge on any atom is 0.225 e. The first-order valence-corrected chi connectivity index (χ1v) is 7.35. The van der Waals surface area contributed by atoms with E-state index in [0.717, 1.165) is 37.6 Å². The third-order valence-corrected chi connectivity index (χ3v) is 4.04. The van der Waals surface area contributed by atoms with Gasteiger partial charge in [-0.1, -0.05) is 12.1 Å². The first kappa shape index (κ1) is 15.6. The number of amides is 1. The minimum atomic E-state index is -0.405. The molecule has 0 spiro atoms. The van der Waals surface area contributed by atoms with Crippen LogP contribution in [0, 0.1) is 0 Å². The molecule has 0 unspecified atom stereocenters. The summed E-state index contributed by atoms with van der Waals surface area (Å²) in [6, 6.07) is 7.87. The van der Waals surface area contributed by atoms with Crippen molar-refractivity contribution in [2.24, 2.45) is 0 Å². The Morgan fingerprint density at radius 3 is 2.43 bits per heavy atom. The van der Waals surface area contributed by atoms with Crippen molar-refractivity contribution in [1.82, 2.24) is 4.90 Å². The van der Waals surface area contributed by atoms with Gasteiger partial charge in [0.15, 0.2) is 0 Å². The first-order valence-electron chi connectivity index (χ1n) is 7.35. The number of benzene rings is 1. The maximum atomic E-state index is 12.3. The van der Waals surface area contributed by atoms with E-state index in [4.69, 9.17) is 10.5 Å². The number of hydrogen-bond acceptors (Lipinski definition) is 4. The van der Waals surface area contributed by atoms with E-state index in [-0.39, 0.29) is 5.91 Å². The Morgan fingerprint density at radius 2 is 1.86 bits per heavy atom. The van der Waals surface area contributed by atoms with Crippen molar-refractivity contribution in [2.75, 3.05) is 43.9 Å². The number of piperazine rings is 1. The van der Waals surface area contributed by atoms with Gasteiger partial charge in [0.2, 0.25) is 5.91 Å². The predicted molar refractivity (Wildman–Crippen MR) is 85.4 cm³/mol. The van der Waals surface area contributed by atoms with Gasteiger partial charge in [-0.2, -0.15) is 0 Å². The third-order valence-electron chi connectivity index (χ3n) is 4.04. The fraction of sp³-hybridized carbons (Fsp3) is 0.562. The van der Waals surface area contributed by atoms with Crippen LogP contribution in [0.1, 0.15) is 20.3 Å². The lowest BCUT2D eigenvalue weighted by Gasteiger charge is -2.37. The molecule has 1 aromatic rings. The second kappa shape index (κ2) is 6.35. The highest BCUT2D eigenvalue weighted by Gasteiger charge is 2.27. The summed E-state index contributed by atoms with van der Waals surface area (Å²) in [6.07, 6.45) is 0.414. The Hall–Kier alpha value is -1.75. The number of carbonyl (C=O) groups excluding carboxylic acids is 1. The minimum Gasteiger partial charge on any atom is -0.397 e. The molecule has 0 atom stereocenters. The van der Waals surface area contributed by atoms with Gasteiger partial charge < -0.3 is 20.3 Å². The monoisotopic (exact) mass is 291 g/mol. The number of hydrogen-bond donors (Lipinski definition) is 1. The van der Waals surface area contributed by atoms with Crippen molar-refractivity contribution in [1.29, 1.82) is 0 Å². The second-order valence-electron chi connectivity index (χ2n) is 6.07. The van der Waals surface area contributed by atoms with Gasteiger partial charge in [-0.25, -0.2) is 0 Å². The lowest BCUT2D eigenvalue weighted by molar-refractivity contribution is -0.136. The third kappa shape index (κ3) is 3.88. The van der Waals surface area contributed by atoms with Gasteiger partial charge in [0.25, 0.3) is 0 Å². The molecule has 1 heterocycles. The van der Waals surface area contributed by atoms with Gasteiger partial charge in [0, 0.05) is 33.3 Å². The van der Waals surface area contributed by atoms with Gasteiger partial charge in [0.1, 0.15) is 0 Å². The molecule has 5 nitrogen and oxygen atoms in total. The molecule has 0 saturated carbocycles. The van der Waals surface area contributed by atoms with Crippen LogP contribution in [0.2, 0.25) is 0 Å². The average Bonchev–Trinajstić information content (AvgIpc) is 2.47. The zero-order chi connectivity index (χ0) is 15.5. The highest BCUT2D eigenvalue weighted by atomic mass is 16.5. The van der Waals surface area contributed by atoms with E-state index >= 15 is 0 Å². The normalized spacial score (nSPS) is 16.1. The lowest BCUT2D eigenvalue weighted by atomic mass is 10.0. The van der Waals surface area contributed by atoms with Crippen molar-refractivity contribution in [2.45, 2.75) is 25.9 Å². The molecule has 1 aliphatic heterocycles. The molecule has 0 aliphatic carbocycles. The van der Waals surface area contributed by atoms with E-state index in [1.165, 1.54) is 0 Å². The molecule has 1 fully saturated rings. The zero-order valence-electron chi connectivity index (χ0n) is 13.1. The molecule has 1 saturated heterocycles. The van der Waals surface area contributed by atoms with E-state index in [0.29, 0.717) is 6.42 Å². The van der Waals surface area contributed by atoms with Gasteiger partial charge in [-0.05, 0) is 26.0 Å². The molecular formula is C16H25N3O2. The molecule has 1 aliphatic rings. The number of nitrogens with two attached hydrogens (primary N) is 1. The Labute approximate surface area is 126 Å². The minimum absolute atomic E-state index is 0.155. The number of nitrogen functional groups attached to an aromatic ring is 1. The van der Waals surface area contributed by atoms with Crippen molar-refractivity contribution in [3.8, 4) is 0 Å². The predicted octanol–water partition coefficient (Wildman–Crippen LogP) is 1.73. The quantitative estimate of drug-likeness (QED) is 0.858. The molecule has 0 aromatic heterocycles. The summed E-state index contributed by atoms with van der Waals surface area (Å²) in [7, 11) is 1.64. The summed E-state index contributed by atoms with van der Waals surface area (Å²) in [5.74, 6) is 0.155. The summed E-state index contributed by atoms with van der Waals surface area (Å²) < 4.78 is 5.33. The summed E-state index contributed by atoms with van der Waals surface area (Å²) in [5.41, 5.74) is 7.45. The van der Waals surface area contributed by atoms with Crippen LogP contribution in [-0.4, -0.2) is 49.7 Å². The van der Waals surface area contributed by atoms with Crippen LogP contribution in [0.4, 0.5) is 11.4 Å². The average molecular weight is 291 g/mol. The van der Waals surface area contributed by atoms with Gasteiger partial charge >= 0.3 is 0 Å². The smallest absolute Gasteiger partial charge is 0.225 e. The van der Waals surface area contributed by atoms with E-state index < -0.39 is 5.60 Å². The summed E-state index contributed by atoms with van der Waals surface area (Å²) in [6.45, 7) is 6.96. The Kier molecular flexibility index (Phi) is 4.73. The number of ether oxygens (including phenoxy) is 1. The van der Waals surface area contributed by atoms with E-state index in [9.17, 15) is 4.79 Å². The number of anilines is 2. The molecule has 5 heteroatoms. The molecule has 21 heavy (non-hydrogen) atoms. The molecule has 0 radical (unpaired) electrons. The van der Waals surface area contributed by atoms with E-state index in [2.05, 4.69) is 4.90 Å². The van der Waals surface area contributed by atoms with Crippen molar-refractivity contribution in [3.63, 3.8) is 0 Å². The van der Waals surface area contributed by atoms with Crippen LogP contribution >= 0.6 is 0 Å². The molecule has 2 N–H and O–H groups in total. The van der Waals surface area contributed by atoms with Gasteiger partial charge in [-0.3, -0.25) is 4.79 Å². The molecule has 2 rings (SSSR count). The van der Waals surface area contributed by atoms with Crippen LogP contribution in [0.3, 0.4) is 0 Å². The lowest BCUT2D eigenvalue weighted by Crippen LogP contribution is -2.50.